The summed E-state index contributed by atoms with van der Waals surface area (Å²) in [4.78, 5) is 12.9. The summed E-state index contributed by atoms with van der Waals surface area (Å²) >= 11 is 0. The zero-order chi connectivity index (χ0) is 13.2. The van der Waals surface area contributed by atoms with Gasteiger partial charge >= 0.3 is 5.97 Å². The van der Waals surface area contributed by atoms with Crippen LogP contribution >= 0.6 is 0 Å². The van der Waals surface area contributed by atoms with E-state index in [-0.39, 0.29) is 12.6 Å². The van der Waals surface area contributed by atoms with E-state index >= 15 is 0 Å². The molecule has 5 nitrogen and oxygen atoms in total. The summed E-state index contributed by atoms with van der Waals surface area (Å²) in [5, 5.41) is 12.4. The molecule has 0 unspecified atom stereocenters. The van der Waals surface area contributed by atoms with Crippen molar-refractivity contribution in [3.05, 3.63) is 0 Å². The second kappa shape index (κ2) is 9.30. The molecule has 18 heavy (non-hydrogen) atoms. The number of β-amino-alcohol motifs (C(OH)–C–C–N with tert-alkyl or cyclic N) is 1. The molecule has 5 heteroatoms. The van der Waals surface area contributed by atoms with Crippen molar-refractivity contribution >= 4 is 5.97 Å². The summed E-state index contributed by atoms with van der Waals surface area (Å²) in [5.74, 6) is -0.195. The number of unbranched alkanes of at least 4 members (excludes halogenated alkanes) is 1. The lowest BCUT2D eigenvalue weighted by Gasteiger charge is -2.32. The molecule has 0 bridgehead atoms. The van der Waals surface area contributed by atoms with Crippen LogP contribution in [-0.4, -0.2) is 61.4 Å². The molecule has 106 valence electrons. The number of rotatable bonds is 8. The quantitative estimate of drug-likeness (QED) is 0.487. The second-order valence-electron chi connectivity index (χ2n) is 4.84. The molecule has 0 amide bonds. The predicted octanol–water partition coefficient (Wildman–Crippen LogP) is 0.376. The van der Waals surface area contributed by atoms with Gasteiger partial charge in [-0.25, -0.2) is 0 Å². The number of nitrogens with one attached hydrogen (secondary N) is 1. The molecule has 2 N–H and O–H groups in total. The maximum Gasteiger partial charge on any atom is 0.302 e. The van der Waals surface area contributed by atoms with Crippen molar-refractivity contribution in [2.24, 2.45) is 0 Å². The number of aliphatic hydroxyl groups is 1. The average Bonchev–Trinajstić information content (AvgIpc) is 2.35. The summed E-state index contributed by atoms with van der Waals surface area (Å²) in [5.41, 5.74) is 0. The third kappa shape index (κ3) is 6.93. The van der Waals surface area contributed by atoms with Crippen LogP contribution in [0.1, 0.15) is 32.6 Å². The highest BCUT2D eigenvalue weighted by Gasteiger charge is 2.17. The SMILES string of the molecule is CC(=O)OCCCCNC1CCN(CCO)CC1. The van der Waals surface area contributed by atoms with Gasteiger partial charge in [0, 0.05) is 19.5 Å². The minimum Gasteiger partial charge on any atom is -0.466 e. The van der Waals surface area contributed by atoms with Crippen LogP contribution in [0.25, 0.3) is 0 Å². The van der Waals surface area contributed by atoms with E-state index in [1.165, 1.54) is 6.92 Å². The Balaban J connectivity index is 1.93. The predicted molar refractivity (Wildman–Crippen MR) is 70.4 cm³/mol. The van der Waals surface area contributed by atoms with Gasteiger partial charge in [0.2, 0.25) is 0 Å². The van der Waals surface area contributed by atoms with Gasteiger partial charge in [-0.3, -0.25) is 4.79 Å². The van der Waals surface area contributed by atoms with Crippen molar-refractivity contribution in [2.45, 2.75) is 38.6 Å². The number of ether oxygens (including phenoxy) is 1. The lowest BCUT2D eigenvalue weighted by Crippen LogP contribution is -2.43. The molecule has 1 heterocycles. The third-order valence-electron chi connectivity index (χ3n) is 3.31. The van der Waals surface area contributed by atoms with Crippen molar-refractivity contribution in [2.75, 3.05) is 39.4 Å². The number of likely N-dealkylation sites (tertiary alicyclic amines) is 1. The van der Waals surface area contributed by atoms with Gasteiger partial charge in [-0.1, -0.05) is 0 Å². The van der Waals surface area contributed by atoms with E-state index in [9.17, 15) is 4.79 Å². The van der Waals surface area contributed by atoms with Crippen LogP contribution in [0.5, 0.6) is 0 Å². The van der Waals surface area contributed by atoms with Gasteiger partial charge in [0.15, 0.2) is 0 Å². The molecule has 0 aliphatic carbocycles. The summed E-state index contributed by atoms with van der Waals surface area (Å²) in [6.45, 7) is 6.18. The van der Waals surface area contributed by atoms with E-state index < -0.39 is 0 Å². The van der Waals surface area contributed by atoms with E-state index in [1.54, 1.807) is 0 Å². The molecule has 0 aromatic heterocycles. The van der Waals surface area contributed by atoms with E-state index in [0.29, 0.717) is 12.6 Å². The molecule has 1 aliphatic heterocycles. The van der Waals surface area contributed by atoms with Crippen LogP contribution in [0.3, 0.4) is 0 Å². The van der Waals surface area contributed by atoms with Crippen molar-refractivity contribution in [3.63, 3.8) is 0 Å². The number of esters is 1. The Bertz CT molecular complexity index is 228. The van der Waals surface area contributed by atoms with Gasteiger partial charge in [-0.05, 0) is 45.3 Å². The number of carbonyl (C=O) groups is 1. The first-order valence-electron chi connectivity index (χ1n) is 6.92. The Morgan fingerprint density at radius 1 is 1.39 bits per heavy atom. The highest BCUT2D eigenvalue weighted by molar-refractivity contribution is 5.65. The number of piperidine rings is 1. The Morgan fingerprint density at radius 3 is 2.72 bits per heavy atom. The minimum atomic E-state index is -0.195. The van der Waals surface area contributed by atoms with E-state index in [4.69, 9.17) is 9.84 Å². The first-order valence-corrected chi connectivity index (χ1v) is 6.92. The minimum absolute atomic E-state index is 0.195. The van der Waals surface area contributed by atoms with Gasteiger partial charge in [-0.15, -0.1) is 0 Å². The topological polar surface area (TPSA) is 61.8 Å². The van der Waals surface area contributed by atoms with E-state index in [2.05, 4.69) is 10.2 Å². The van der Waals surface area contributed by atoms with Gasteiger partial charge in [0.1, 0.15) is 0 Å². The molecule has 0 atom stereocenters. The summed E-state index contributed by atoms with van der Waals surface area (Å²) in [6, 6.07) is 0.605. The monoisotopic (exact) mass is 258 g/mol. The lowest BCUT2D eigenvalue weighted by atomic mass is 10.0. The zero-order valence-electron chi connectivity index (χ0n) is 11.4. The molecule has 1 aliphatic rings. The highest BCUT2D eigenvalue weighted by Crippen LogP contribution is 2.09. The maximum atomic E-state index is 10.5. The second-order valence-corrected chi connectivity index (χ2v) is 4.84. The van der Waals surface area contributed by atoms with Crippen LogP contribution in [0, 0.1) is 0 Å². The molecule has 1 fully saturated rings. The molecule has 0 saturated carbocycles. The van der Waals surface area contributed by atoms with Gasteiger partial charge in [0.25, 0.3) is 0 Å². The number of hydrogen-bond acceptors (Lipinski definition) is 5. The Morgan fingerprint density at radius 2 is 2.11 bits per heavy atom. The molecule has 0 aromatic carbocycles. The Labute approximate surface area is 109 Å². The Hall–Kier alpha value is -0.650. The summed E-state index contributed by atoms with van der Waals surface area (Å²) in [7, 11) is 0. The van der Waals surface area contributed by atoms with Gasteiger partial charge in [-0.2, -0.15) is 0 Å². The van der Waals surface area contributed by atoms with Crippen molar-refractivity contribution in [3.8, 4) is 0 Å². The van der Waals surface area contributed by atoms with Crippen LogP contribution < -0.4 is 5.32 Å². The molecule has 1 saturated heterocycles. The number of carbonyl (C=O) groups excluding carboxylic acids is 1. The smallest absolute Gasteiger partial charge is 0.302 e. The summed E-state index contributed by atoms with van der Waals surface area (Å²) < 4.78 is 4.88. The fourth-order valence-corrected chi connectivity index (χ4v) is 2.25. The number of nitrogens with zero attached hydrogens (tertiary/aromatic N) is 1. The van der Waals surface area contributed by atoms with Crippen LogP contribution in [0.2, 0.25) is 0 Å². The third-order valence-corrected chi connectivity index (χ3v) is 3.31. The fourth-order valence-electron chi connectivity index (χ4n) is 2.25. The largest absolute Gasteiger partial charge is 0.466 e. The van der Waals surface area contributed by atoms with Crippen molar-refractivity contribution < 1.29 is 14.6 Å². The van der Waals surface area contributed by atoms with E-state index in [0.717, 1.165) is 51.9 Å². The van der Waals surface area contributed by atoms with Gasteiger partial charge < -0.3 is 20.1 Å². The standard InChI is InChI=1S/C13H26N2O3/c1-12(17)18-11-3-2-6-14-13-4-7-15(8-5-13)9-10-16/h13-14,16H,2-11H2,1H3. The molecule has 0 radical (unpaired) electrons. The summed E-state index contributed by atoms with van der Waals surface area (Å²) in [6.07, 6.45) is 4.29. The van der Waals surface area contributed by atoms with Crippen molar-refractivity contribution in [1.82, 2.24) is 10.2 Å². The zero-order valence-corrected chi connectivity index (χ0v) is 11.4. The maximum absolute atomic E-state index is 10.5. The molecule has 0 aromatic rings. The number of aliphatic hydroxyl groups excluding tert-OH is 1. The first-order chi connectivity index (χ1) is 8.72. The number of hydrogen-bond donors (Lipinski definition) is 2. The Kier molecular flexibility index (Phi) is 7.96. The first kappa shape index (κ1) is 15.4. The molecular weight excluding hydrogens is 232 g/mol. The average molecular weight is 258 g/mol. The molecule has 0 spiro atoms. The lowest BCUT2D eigenvalue weighted by molar-refractivity contribution is -0.141. The van der Waals surface area contributed by atoms with E-state index in [1.807, 2.05) is 0 Å². The normalized spacial score (nSPS) is 17.9. The molecular formula is C13H26N2O3. The molecule has 1 rings (SSSR count). The van der Waals surface area contributed by atoms with Crippen LogP contribution in [-0.2, 0) is 9.53 Å². The van der Waals surface area contributed by atoms with Gasteiger partial charge in [0.05, 0.1) is 13.2 Å². The van der Waals surface area contributed by atoms with Crippen LogP contribution in [0.15, 0.2) is 0 Å². The van der Waals surface area contributed by atoms with Crippen molar-refractivity contribution in [1.29, 1.82) is 0 Å². The highest BCUT2D eigenvalue weighted by atomic mass is 16.5. The van der Waals surface area contributed by atoms with Crippen LogP contribution in [0.4, 0.5) is 0 Å². The fraction of sp³-hybridized carbons (Fsp3) is 0.923.